The highest BCUT2D eigenvalue weighted by atomic mass is 16.5. The zero-order chi connectivity index (χ0) is 13.5. The first kappa shape index (κ1) is 12.8. The van der Waals surface area contributed by atoms with Gasteiger partial charge in [-0.1, -0.05) is 13.8 Å². The monoisotopic (exact) mass is 261 g/mol. The fourth-order valence-electron chi connectivity index (χ4n) is 2.90. The highest BCUT2D eigenvalue weighted by Crippen LogP contribution is 2.52. The van der Waals surface area contributed by atoms with Crippen molar-refractivity contribution in [1.82, 2.24) is 0 Å². The van der Waals surface area contributed by atoms with Crippen molar-refractivity contribution in [1.29, 1.82) is 0 Å². The van der Waals surface area contributed by atoms with Gasteiger partial charge in [0.05, 0.1) is 13.2 Å². The normalized spacial score (nSPS) is 20.2. The first-order valence-electron chi connectivity index (χ1n) is 7.30. The van der Waals surface area contributed by atoms with E-state index in [0.29, 0.717) is 5.92 Å². The van der Waals surface area contributed by atoms with Gasteiger partial charge in [-0.2, -0.15) is 0 Å². The van der Waals surface area contributed by atoms with E-state index in [1.165, 1.54) is 24.0 Å². The Balaban J connectivity index is 2.09. The molecule has 2 aliphatic rings. The first-order chi connectivity index (χ1) is 9.16. The van der Waals surface area contributed by atoms with Gasteiger partial charge in [0.25, 0.3) is 0 Å². The van der Waals surface area contributed by atoms with Crippen LogP contribution in [0.3, 0.4) is 0 Å². The third-order valence-electron chi connectivity index (χ3n) is 4.36. The summed E-state index contributed by atoms with van der Waals surface area (Å²) < 4.78 is 11.6. The van der Waals surface area contributed by atoms with Crippen molar-refractivity contribution in [3.05, 3.63) is 23.3 Å². The smallest absolute Gasteiger partial charge is 0.161 e. The summed E-state index contributed by atoms with van der Waals surface area (Å²) in [6.45, 7) is 6.67. The van der Waals surface area contributed by atoms with Crippen molar-refractivity contribution >= 4 is 0 Å². The molecule has 0 atom stereocenters. The molecule has 1 aliphatic heterocycles. The number of nitrogens with two attached hydrogens (primary N) is 1. The van der Waals surface area contributed by atoms with Crippen LogP contribution in [0.1, 0.15) is 50.2 Å². The Hall–Kier alpha value is -1.22. The van der Waals surface area contributed by atoms with Gasteiger partial charge >= 0.3 is 0 Å². The molecule has 3 nitrogen and oxygen atoms in total. The topological polar surface area (TPSA) is 44.5 Å². The average molecular weight is 261 g/mol. The molecule has 2 N–H and O–H groups in total. The van der Waals surface area contributed by atoms with Gasteiger partial charge in [0.15, 0.2) is 11.5 Å². The Morgan fingerprint density at radius 1 is 1.16 bits per heavy atom. The van der Waals surface area contributed by atoms with Crippen LogP contribution in [-0.2, 0) is 5.41 Å². The summed E-state index contributed by atoms with van der Waals surface area (Å²) in [4.78, 5) is 0. The van der Waals surface area contributed by atoms with Crippen LogP contribution in [0.15, 0.2) is 12.1 Å². The Labute approximate surface area is 115 Å². The molecule has 0 spiro atoms. The van der Waals surface area contributed by atoms with Crippen molar-refractivity contribution in [2.75, 3.05) is 19.8 Å². The zero-order valence-electron chi connectivity index (χ0n) is 11.9. The second kappa shape index (κ2) is 4.71. The summed E-state index contributed by atoms with van der Waals surface area (Å²) in [5, 5.41) is 0. The minimum absolute atomic E-state index is 0.199. The molecule has 0 unspecified atom stereocenters. The summed E-state index contributed by atoms with van der Waals surface area (Å²) >= 11 is 0. The van der Waals surface area contributed by atoms with Crippen LogP contribution in [0, 0.1) is 0 Å². The lowest BCUT2D eigenvalue weighted by molar-refractivity contribution is 0.297. The van der Waals surface area contributed by atoms with E-state index in [2.05, 4.69) is 26.0 Å². The number of ether oxygens (including phenoxy) is 2. The summed E-state index contributed by atoms with van der Waals surface area (Å²) in [5.74, 6) is 2.28. The lowest BCUT2D eigenvalue weighted by Crippen LogP contribution is -2.22. The Kier molecular flexibility index (Phi) is 3.17. The average Bonchev–Trinajstić information content (AvgIpc) is 3.21. The minimum atomic E-state index is 0.199. The Morgan fingerprint density at radius 3 is 2.32 bits per heavy atom. The van der Waals surface area contributed by atoms with Crippen molar-refractivity contribution in [3.8, 4) is 11.5 Å². The summed E-state index contributed by atoms with van der Waals surface area (Å²) in [6.07, 6.45) is 3.34. The van der Waals surface area contributed by atoms with Crippen molar-refractivity contribution < 1.29 is 9.47 Å². The SMILES string of the molecule is CC(C)c1cc2c(cc1C1(CN)CC1)OCCCO2. The summed E-state index contributed by atoms with van der Waals surface area (Å²) in [5.41, 5.74) is 8.95. The quantitative estimate of drug-likeness (QED) is 0.909. The molecule has 1 saturated carbocycles. The van der Waals surface area contributed by atoms with E-state index in [9.17, 15) is 0 Å². The van der Waals surface area contributed by atoms with Crippen LogP contribution >= 0.6 is 0 Å². The van der Waals surface area contributed by atoms with Crippen LogP contribution in [0.5, 0.6) is 11.5 Å². The van der Waals surface area contributed by atoms with Crippen LogP contribution in [0.4, 0.5) is 0 Å². The van der Waals surface area contributed by atoms with Crippen LogP contribution in [0.2, 0.25) is 0 Å². The van der Waals surface area contributed by atoms with Gasteiger partial charge in [0.1, 0.15) is 0 Å². The van der Waals surface area contributed by atoms with E-state index in [4.69, 9.17) is 15.2 Å². The molecule has 104 valence electrons. The predicted molar refractivity (Wildman–Crippen MR) is 76.1 cm³/mol. The number of fused-ring (bicyclic) bond motifs is 1. The molecule has 0 radical (unpaired) electrons. The maximum atomic E-state index is 6.00. The van der Waals surface area contributed by atoms with Gasteiger partial charge in [-0.25, -0.2) is 0 Å². The largest absolute Gasteiger partial charge is 0.490 e. The van der Waals surface area contributed by atoms with Crippen LogP contribution < -0.4 is 15.2 Å². The second-order valence-corrected chi connectivity index (χ2v) is 6.08. The lowest BCUT2D eigenvalue weighted by atomic mass is 9.86. The third kappa shape index (κ3) is 2.20. The van der Waals surface area contributed by atoms with E-state index in [0.717, 1.165) is 37.7 Å². The number of benzene rings is 1. The Bertz CT molecular complexity index is 478. The fraction of sp³-hybridized carbons (Fsp3) is 0.625. The molecule has 0 saturated heterocycles. The van der Waals surface area contributed by atoms with E-state index in [1.54, 1.807) is 0 Å². The molecule has 1 aliphatic carbocycles. The predicted octanol–water partition coefficient (Wildman–Crippen LogP) is 2.96. The van der Waals surface area contributed by atoms with Crippen molar-refractivity contribution in [3.63, 3.8) is 0 Å². The van der Waals surface area contributed by atoms with Gasteiger partial charge in [0, 0.05) is 18.4 Å². The van der Waals surface area contributed by atoms with Gasteiger partial charge in [0.2, 0.25) is 0 Å². The van der Waals surface area contributed by atoms with Gasteiger partial charge in [-0.3, -0.25) is 0 Å². The van der Waals surface area contributed by atoms with Crippen LogP contribution in [-0.4, -0.2) is 19.8 Å². The molecule has 19 heavy (non-hydrogen) atoms. The molecular formula is C16H23NO2. The van der Waals surface area contributed by atoms with Gasteiger partial charge in [-0.05, 0) is 42.0 Å². The van der Waals surface area contributed by atoms with Crippen LogP contribution in [0.25, 0.3) is 0 Å². The highest BCUT2D eigenvalue weighted by molar-refractivity contribution is 5.53. The molecule has 3 heteroatoms. The zero-order valence-corrected chi connectivity index (χ0v) is 11.9. The maximum Gasteiger partial charge on any atom is 0.161 e. The van der Waals surface area contributed by atoms with E-state index in [1.807, 2.05) is 0 Å². The fourth-order valence-corrected chi connectivity index (χ4v) is 2.90. The molecular weight excluding hydrogens is 238 g/mol. The van der Waals surface area contributed by atoms with E-state index < -0.39 is 0 Å². The molecule has 1 aromatic rings. The summed E-state index contributed by atoms with van der Waals surface area (Å²) in [6, 6.07) is 4.37. The molecule has 0 amide bonds. The van der Waals surface area contributed by atoms with Crippen molar-refractivity contribution in [2.24, 2.45) is 5.73 Å². The molecule has 0 bridgehead atoms. The summed E-state index contributed by atoms with van der Waals surface area (Å²) in [7, 11) is 0. The Morgan fingerprint density at radius 2 is 1.79 bits per heavy atom. The highest BCUT2D eigenvalue weighted by Gasteiger charge is 2.45. The second-order valence-electron chi connectivity index (χ2n) is 6.08. The first-order valence-corrected chi connectivity index (χ1v) is 7.30. The molecule has 1 fully saturated rings. The maximum absolute atomic E-state index is 6.00. The van der Waals surface area contributed by atoms with Gasteiger partial charge in [-0.15, -0.1) is 0 Å². The number of hydrogen-bond donors (Lipinski definition) is 1. The van der Waals surface area contributed by atoms with Gasteiger partial charge < -0.3 is 15.2 Å². The number of rotatable bonds is 3. The molecule has 1 aromatic carbocycles. The van der Waals surface area contributed by atoms with Crippen molar-refractivity contribution in [2.45, 2.75) is 44.4 Å². The minimum Gasteiger partial charge on any atom is -0.490 e. The third-order valence-corrected chi connectivity index (χ3v) is 4.36. The molecule has 3 rings (SSSR count). The number of hydrogen-bond acceptors (Lipinski definition) is 3. The van der Waals surface area contributed by atoms with E-state index in [-0.39, 0.29) is 5.41 Å². The molecule has 1 heterocycles. The standard InChI is InChI=1S/C16H23NO2/c1-11(2)12-8-14-15(19-7-3-6-18-14)9-13(12)16(10-17)4-5-16/h8-9,11H,3-7,10,17H2,1-2H3. The lowest BCUT2D eigenvalue weighted by Gasteiger charge is -2.22. The van der Waals surface area contributed by atoms with E-state index >= 15 is 0 Å². The molecule has 0 aromatic heterocycles.